The molecule has 1 N–H and O–H groups in total. The van der Waals surface area contributed by atoms with Crippen molar-refractivity contribution < 1.29 is 4.79 Å². The molecule has 1 aliphatic heterocycles. The average Bonchev–Trinajstić information content (AvgIpc) is 2.50. The van der Waals surface area contributed by atoms with Crippen LogP contribution in [0.2, 0.25) is 5.02 Å². The fourth-order valence-electron chi connectivity index (χ4n) is 2.42. The maximum atomic E-state index is 12.1. The van der Waals surface area contributed by atoms with Gasteiger partial charge in [-0.3, -0.25) is 4.79 Å². The molecule has 2 aromatic carbocycles. The van der Waals surface area contributed by atoms with Crippen molar-refractivity contribution in [1.82, 2.24) is 5.43 Å². The number of nitrogens with one attached hydrogen (secondary N) is 1. The third kappa shape index (κ3) is 2.98. The van der Waals surface area contributed by atoms with E-state index in [0.717, 1.165) is 16.8 Å². The van der Waals surface area contributed by atoms with E-state index in [2.05, 4.69) is 10.5 Å². The van der Waals surface area contributed by atoms with Crippen LogP contribution >= 0.6 is 11.6 Å². The van der Waals surface area contributed by atoms with Crippen LogP contribution in [0.3, 0.4) is 0 Å². The van der Waals surface area contributed by atoms with Crippen molar-refractivity contribution >= 4 is 23.2 Å². The van der Waals surface area contributed by atoms with Gasteiger partial charge in [-0.25, -0.2) is 5.43 Å². The standard InChI is InChI=1S/C17H15ClN2O/c1-11-2-4-12(5-3-11)15-10-16(19-20-17(15)21)13-6-8-14(18)9-7-13/h2-9,15H,10H2,1H3,(H,20,21)/t15-/m0/s1. The van der Waals surface area contributed by atoms with E-state index < -0.39 is 0 Å². The SMILES string of the molecule is Cc1ccc([C@@H]2CC(c3ccc(Cl)cc3)=NNC2=O)cc1. The number of amides is 1. The first-order valence-electron chi connectivity index (χ1n) is 6.82. The summed E-state index contributed by atoms with van der Waals surface area (Å²) in [5.41, 5.74) is 6.67. The predicted octanol–water partition coefficient (Wildman–Crippen LogP) is 3.66. The number of halogens is 1. The first-order chi connectivity index (χ1) is 10.1. The third-order valence-electron chi connectivity index (χ3n) is 3.67. The van der Waals surface area contributed by atoms with Crippen LogP contribution in [0.4, 0.5) is 0 Å². The van der Waals surface area contributed by atoms with Crippen molar-refractivity contribution in [2.45, 2.75) is 19.3 Å². The smallest absolute Gasteiger partial charge is 0.248 e. The van der Waals surface area contributed by atoms with Gasteiger partial charge in [-0.1, -0.05) is 53.6 Å². The largest absolute Gasteiger partial charge is 0.272 e. The highest BCUT2D eigenvalue weighted by molar-refractivity contribution is 6.30. The summed E-state index contributed by atoms with van der Waals surface area (Å²) in [6.45, 7) is 2.03. The summed E-state index contributed by atoms with van der Waals surface area (Å²) in [7, 11) is 0. The van der Waals surface area contributed by atoms with Crippen molar-refractivity contribution in [3.63, 3.8) is 0 Å². The van der Waals surface area contributed by atoms with Gasteiger partial charge < -0.3 is 0 Å². The van der Waals surface area contributed by atoms with Crippen LogP contribution < -0.4 is 5.43 Å². The molecule has 21 heavy (non-hydrogen) atoms. The van der Waals surface area contributed by atoms with Crippen LogP contribution in [0.1, 0.15) is 29.0 Å². The van der Waals surface area contributed by atoms with Gasteiger partial charge in [0.15, 0.2) is 0 Å². The minimum Gasteiger partial charge on any atom is -0.272 e. The zero-order valence-corrected chi connectivity index (χ0v) is 12.4. The van der Waals surface area contributed by atoms with Crippen molar-refractivity contribution in [2.75, 3.05) is 0 Å². The molecule has 1 aliphatic rings. The molecule has 0 saturated heterocycles. The number of aryl methyl sites for hydroxylation is 1. The maximum Gasteiger partial charge on any atom is 0.248 e. The number of hydrogen-bond acceptors (Lipinski definition) is 2. The van der Waals surface area contributed by atoms with Crippen LogP contribution in [0.25, 0.3) is 0 Å². The lowest BCUT2D eigenvalue weighted by atomic mass is 9.89. The van der Waals surface area contributed by atoms with Gasteiger partial charge >= 0.3 is 0 Å². The van der Waals surface area contributed by atoms with Crippen molar-refractivity contribution in [1.29, 1.82) is 0 Å². The maximum absolute atomic E-state index is 12.1. The molecule has 1 heterocycles. The summed E-state index contributed by atoms with van der Waals surface area (Å²) >= 11 is 5.90. The van der Waals surface area contributed by atoms with Gasteiger partial charge in [-0.15, -0.1) is 0 Å². The number of carbonyl (C=O) groups is 1. The second kappa shape index (κ2) is 5.70. The zero-order valence-electron chi connectivity index (χ0n) is 11.6. The van der Waals surface area contributed by atoms with Gasteiger partial charge in [0.05, 0.1) is 11.6 Å². The van der Waals surface area contributed by atoms with Crippen LogP contribution in [0.15, 0.2) is 53.6 Å². The van der Waals surface area contributed by atoms with E-state index >= 15 is 0 Å². The summed E-state index contributed by atoms with van der Waals surface area (Å²) in [4.78, 5) is 12.1. The van der Waals surface area contributed by atoms with Crippen LogP contribution in [0, 0.1) is 6.92 Å². The molecule has 1 atom stereocenters. The molecule has 3 nitrogen and oxygen atoms in total. The van der Waals surface area contributed by atoms with E-state index in [9.17, 15) is 4.79 Å². The van der Waals surface area contributed by atoms with Crippen molar-refractivity contribution in [3.05, 3.63) is 70.2 Å². The number of rotatable bonds is 2. The number of hydrogen-bond donors (Lipinski definition) is 1. The first-order valence-corrected chi connectivity index (χ1v) is 7.20. The van der Waals surface area contributed by atoms with Gasteiger partial charge in [0, 0.05) is 11.4 Å². The van der Waals surface area contributed by atoms with Crippen LogP contribution in [0.5, 0.6) is 0 Å². The predicted molar refractivity (Wildman–Crippen MR) is 84.7 cm³/mol. The van der Waals surface area contributed by atoms with E-state index in [0.29, 0.717) is 11.4 Å². The summed E-state index contributed by atoms with van der Waals surface area (Å²) in [5.74, 6) is -0.259. The highest BCUT2D eigenvalue weighted by Crippen LogP contribution is 2.26. The van der Waals surface area contributed by atoms with Gasteiger partial charge in [-0.2, -0.15) is 5.10 Å². The van der Waals surface area contributed by atoms with Crippen molar-refractivity contribution in [3.8, 4) is 0 Å². The molecule has 106 valence electrons. The minimum absolute atomic E-state index is 0.0587. The summed E-state index contributed by atoms with van der Waals surface area (Å²) in [5, 5.41) is 4.87. The Hall–Kier alpha value is -2.13. The number of benzene rings is 2. The molecule has 0 aromatic heterocycles. The molecule has 0 aliphatic carbocycles. The van der Waals surface area contributed by atoms with Crippen LogP contribution in [-0.2, 0) is 4.79 Å². The Kier molecular flexibility index (Phi) is 3.76. The third-order valence-corrected chi connectivity index (χ3v) is 3.92. The monoisotopic (exact) mass is 298 g/mol. The van der Waals surface area contributed by atoms with Gasteiger partial charge in [0.25, 0.3) is 0 Å². The van der Waals surface area contributed by atoms with E-state index in [1.165, 1.54) is 5.56 Å². The Labute approximate surface area is 128 Å². The molecule has 1 amide bonds. The highest BCUT2D eigenvalue weighted by Gasteiger charge is 2.27. The molecule has 2 aromatic rings. The van der Waals surface area contributed by atoms with Gasteiger partial charge in [0.1, 0.15) is 0 Å². The van der Waals surface area contributed by atoms with Crippen LogP contribution in [-0.4, -0.2) is 11.6 Å². The van der Waals surface area contributed by atoms with Crippen molar-refractivity contribution in [2.24, 2.45) is 5.10 Å². The Balaban J connectivity index is 1.88. The summed E-state index contributed by atoms with van der Waals surface area (Å²) < 4.78 is 0. The van der Waals surface area contributed by atoms with Gasteiger partial charge in [0.2, 0.25) is 5.91 Å². The Morgan fingerprint density at radius 3 is 2.43 bits per heavy atom. The molecule has 0 radical (unpaired) electrons. The van der Waals surface area contributed by atoms with E-state index in [4.69, 9.17) is 11.6 Å². The number of nitrogens with zero attached hydrogens (tertiary/aromatic N) is 1. The molecule has 3 rings (SSSR count). The molecule has 0 fully saturated rings. The first kappa shape index (κ1) is 13.8. The second-order valence-corrected chi connectivity index (χ2v) is 5.65. The van der Waals surface area contributed by atoms with E-state index in [1.807, 2.05) is 55.5 Å². The Morgan fingerprint density at radius 2 is 1.76 bits per heavy atom. The lowest BCUT2D eigenvalue weighted by Crippen LogP contribution is -2.33. The molecule has 0 bridgehead atoms. The minimum atomic E-state index is -0.200. The quantitative estimate of drug-likeness (QED) is 0.903. The fraction of sp³-hybridized carbons (Fsp3) is 0.176. The van der Waals surface area contributed by atoms with E-state index in [-0.39, 0.29) is 11.8 Å². The number of hydrazone groups is 1. The lowest BCUT2D eigenvalue weighted by Gasteiger charge is -2.22. The average molecular weight is 299 g/mol. The molecule has 0 unspecified atom stereocenters. The summed E-state index contributed by atoms with van der Waals surface area (Å²) in [6, 6.07) is 15.6. The number of carbonyl (C=O) groups excluding carboxylic acids is 1. The normalized spacial score (nSPS) is 18.1. The Morgan fingerprint density at radius 1 is 1.10 bits per heavy atom. The molecular weight excluding hydrogens is 284 g/mol. The molecule has 0 spiro atoms. The molecular formula is C17H15ClN2O. The second-order valence-electron chi connectivity index (χ2n) is 5.21. The zero-order chi connectivity index (χ0) is 14.8. The van der Waals surface area contributed by atoms with Gasteiger partial charge in [-0.05, 0) is 30.2 Å². The molecule has 0 saturated carbocycles. The Bertz CT molecular complexity index is 690. The summed E-state index contributed by atoms with van der Waals surface area (Å²) in [6.07, 6.45) is 0.594. The molecule has 4 heteroatoms. The lowest BCUT2D eigenvalue weighted by molar-refractivity contribution is -0.122. The van der Waals surface area contributed by atoms with E-state index in [1.54, 1.807) is 0 Å². The fourth-order valence-corrected chi connectivity index (χ4v) is 2.55. The highest BCUT2D eigenvalue weighted by atomic mass is 35.5. The topological polar surface area (TPSA) is 41.5 Å².